The summed E-state index contributed by atoms with van der Waals surface area (Å²) in [5, 5.41) is 0. The monoisotopic (exact) mass is 462 g/mol. The summed E-state index contributed by atoms with van der Waals surface area (Å²) in [7, 11) is 1.33. The summed E-state index contributed by atoms with van der Waals surface area (Å²) in [6, 6.07) is 7.60. The van der Waals surface area contributed by atoms with Crippen LogP contribution in [0.1, 0.15) is 5.76 Å². The summed E-state index contributed by atoms with van der Waals surface area (Å²) in [4.78, 5) is 11.1. The van der Waals surface area contributed by atoms with Crippen LogP contribution in [0.15, 0.2) is 48.2 Å². The molecule has 0 spiro atoms. The molecule has 2 aromatic rings. The second-order valence-corrected chi connectivity index (χ2v) is 6.43. The Morgan fingerprint density at radius 3 is 2.60 bits per heavy atom. The molecule has 1 aromatic heterocycles. The molecule has 0 aliphatic rings. The molecule has 0 aliphatic heterocycles. The van der Waals surface area contributed by atoms with E-state index in [-0.39, 0.29) is 0 Å². The van der Waals surface area contributed by atoms with E-state index in [0.29, 0.717) is 11.5 Å². The molecule has 6 heteroatoms. The lowest BCUT2D eigenvalue weighted by Gasteiger charge is -2.02. The highest BCUT2D eigenvalue weighted by atomic mass is 79.9. The van der Waals surface area contributed by atoms with E-state index >= 15 is 0 Å². The summed E-state index contributed by atoms with van der Waals surface area (Å²) in [5.41, 5.74) is 0.915. The largest absolute Gasteiger partial charge is 0.466 e. The molecular weight excluding hydrogens is 456 g/mol. The van der Waals surface area contributed by atoms with Gasteiger partial charge in [-0.3, -0.25) is 0 Å². The number of esters is 1. The highest BCUT2D eigenvalue weighted by Crippen LogP contribution is 2.37. The standard InChI is InChI=1S/C14H9Br3O3/c1-19-13(18)5-3-9-7-12(17)14(20-9)10-4-2-8(15)6-11(10)16/h2-7H,1H3/b5-3+. The van der Waals surface area contributed by atoms with E-state index in [1.165, 1.54) is 13.2 Å². The topological polar surface area (TPSA) is 39.4 Å². The van der Waals surface area contributed by atoms with Crippen LogP contribution in [0, 0.1) is 0 Å². The van der Waals surface area contributed by atoms with Crippen LogP contribution < -0.4 is 0 Å². The van der Waals surface area contributed by atoms with Gasteiger partial charge in [-0.15, -0.1) is 0 Å². The second-order valence-electron chi connectivity index (χ2n) is 3.81. The third-order valence-electron chi connectivity index (χ3n) is 2.47. The van der Waals surface area contributed by atoms with Crippen LogP contribution in [0.5, 0.6) is 0 Å². The molecule has 104 valence electrons. The Labute approximate surface area is 141 Å². The van der Waals surface area contributed by atoms with E-state index in [1.807, 2.05) is 18.2 Å². The van der Waals surface area contributed by atoms with Gasteiger partial charge in [-0.25, -0.2) is 4.79 Å². The lowest BCUT2D eigenvalue weighted by molar-refractivity contribution is -0.134. The van der Waals surface area contributed by atoms with Crippen LogP contribution in [-0.4, -0.2) is 13.1 Å². The Bertz CT molecular complexity index is 674. The van der Waals surface area contributed by atoms with Crippen molar-refractivity contribution in [3.63, 3.8) is 0 Å². The van der Waals surface area contributed by atoms with E-state index < -0.39 is 5.97 Å². The first-order valence-electron chi connectivity index (χ1n) is 5.52. The van der Waals surface area contributed by atoms with Gasteiger partial charge in [0.1, 0.15) is 11.5 Å². The number of carbonyl (C=O) groups is 1. The first-order chi connectivity index (χ1) is 9.51. The van der Waals surface area contributed by atoms with Gasteiger partial charge >= 0.3 is 5.97 Å². The number of carbonyl (C=O) groups excluding carboxylic acids is 1. The van der Waals surface area contributed by atoms with Crippen molar-refractivity contribution < 1.29 is 13.9 Å². The first-order valence-corrected chi connectivity index (χ1v) is 7.90. The molecule has 0 bridgehead atoms. The minimum atomic E-state index is -0.427. The van der Waals surface area contributed by atoms with Gasteiger partial charge < -0.3 is 9.15 Å². The quantitative estimate of drug-likeness (QED) is 0.449. The van der Waals surface area contributed by atoms with Crippen molar-refractivity contribution >= 4 is 59.8 Å². The average molecular weight is 465 g/mol. The zero-order valence-corrected chi connectivity index (χ0v) is 15.1. The Hall–Kier alpha value is -0.850. The van der Waals surface area contributed by atoms with Gasteiger partial charge in [0, 0.05) is 20.6 Å². The second kappa shape index (κ2) is 6.74. The molecule has 0 N–H and O–H groups in total. The highest BCUT2D eigenvalue weighted by molar-refractivity contribution is 9.11. The maximum absolute atomic E-state index is 11.1. The Balaban J connectivity index is 2.36. The third kappa shape index (κ3) is 3.62. The number of halogens is 3. The Kier molecular flexibility index (Phi) is 5.23. The SMILES string of the molecule is COC(=O)/C=C/c1cc(Br)c(-c2ccc(Br)cc2Br)o1. The van der Waals surface area contributed by atoms with Crippen LogP contribution in [0.4, 0.5) is 0 Å². The Morgan fingerprint density at radius 1 is 1.20 bits per heavy atom. The molecule has 2 rings (SSSR count). The smallest absolute Gasteiger partial charge is 0.330 e. The molecule has 0 radical (unpaired) electrons. The lowest BCUT2D eigenvalue weighted by atomic mass is 10.2. The molecule has 0 unspecified atom stereocenters. The van der Waals surface area contributed by atoms with Gasteiger partial charge in [0.2, 0.25) is 0 Å². The first kappa shape index (κ1) is 15.5. The minimum Gasteiger partial charge on any atom is -0.466 e. The minimum absolute atomic E-state index is 0.427. The molecule has 1 heterocycles. The molecule has 3 nitrogen and oxygen atoms in total. The van der Waals surface area contributed by atoms with E-state index in [4.69, 9.17) is 4.42 Å². The molecule has 20 heavy (non-hydrogen) atoms. The van der Waals surface area contributed by atoms with Crippen LogP contribution >= 0.6 is 47.8 Å². The van der Waals surface area contributed by atoms with E-state index in [1.54, 1.807) is 12.1 Å². The van der Waals surface area contributed by atoms with Crippen molar-refractivity contribution in [3.05, 3.63) is 49.5 Å². The number of hydrogen-bond acceptors (Lipinski definition) is 3. The Morgan fingerprint density at radius 2 is 1.95 bits per heavy atom. The summed E-state index contributed by atoms with van der Waals surface area (Å²) in [6.07, 6.45) is 2.87. The number of methoxy groups -OCH3 is 1. The van der Waals surface area contributed by atoms with E-state index in [0.717, 1.165) is 19.0 Å². The van der Waals surface area contributed by atoms with Gasteiger partial charge in [-0.2, -0.15) is 0 Å². The molecule has 1 aromatic carbocycles. The fourth-order valence-corrected chi connectivity index (χ4v) is 3.29. The molecule has 0 saturated heterocycles. The van der Waals surface area contributed by atoms with E-state index in [2.05, 4.69) is 52.5 Å². The van der Waals surface area contributed by atoms with Gasteiger partial charge in [-0.1, -0.05) is 15.9 Å². The van der Waals surface area contributed by atoms with Crippen molar-refractivity contribution in [3.8, 4) is 11.3 Å². The van der Waals surface area contributed by atoms with Gasteiger partial charge in [0.25, 0.3) is 0 Å². The van der Waals surface area contributed by atoms with Gasteiger partial charge in [-0.05, 0) is 62.2 Å². The highest BCUT2D eigenvalue weighted by Gasteiger charge is 2.13. The third-order valence-corrected chi connectivity index (χ3v) is 4.20. The van der Waals surface area contributed by atoms with Crippen molar-refractivity contribution in [2.75, 3.05) is 7.11 Å². The van der Waals surface area contributed by atoms with E-state index in [9.17, 15) is 4.79 Å². The average Bonchev–Trinajstić information content (AvgIpc) is 2.77. The maximum atomic E-state index is 11.1. The van der Waals surface area contributed by atoms with Gasteiger partial charge in [0.05, 0.1) is 11.6 Å². The number of benzene rings is 1. The predicted octanol–water partition coefficient (Wildman–Crippen LogP) is 5.42. The molecule has 0 atom stereocenters. The molecule has 0 fully saturated rings. The van der Waals surface area contributed by atoms with Crippen molar-refractivity contribution in [1.82, 2.24) is 0 Å². The summed E-state index contributed by atoms with van der Waals surface area (Å²) in [6.45, 7) is 0. The molecule has 0 saturated carbocycles. The van der Waals surface area contributed by atoms with Crippen molar-refractivity contribution in [2.24, 2.45) is 0 Å². The van der Waals surface area contributed by atoms with Gasteiger partial charge in [0.15, 0.2) is 0 Å². The summed E-state index contributed by atoms with van der Waals surface area (Å²) >= 11 is 10.4. The zero-order chi connectivity index (χ0) is 14.7. The maximum Gasteiger partial charge on any atom is 0.330 e. The van der Waals surface area contributed by atoms with Crippen LogP contribution in [0.25, 0.3) is 17.4 Å². The molecular formula is C14H9Br3O3. The number of furan rings is 1. The fraction of sp³-hybridized carbons (Fsp3) is 0.0714. The number of ether oxygens (including phenoxy) is 1. The normalized spacial score (nSPS) is 11.0. The van der Waals surface area contributed by atoms with Crippen molar-refractivity contribution in [1.29, 1.82) is 0 Å². The number of hydrogen-bond donors (Lipinski definition) is 0. The van der Waals surface area contributed by atoms with Crippen LogP contribution in [0.2, 0.25) is 0 Å². The fourth-order valence-electron chi connectivity index (χ4n) is 1.54. The predicted molar refractivity (Wildman–Crippen MR) is 88.3 cm³/mol. The number of rotatable bonds is 3. The summed E-state index contributed by atoms with van der Waals surface area (Å²) < 4.78 is 13.0. The van der Waals surface area contributed by atoms with Crippen LogP contribution in [-0.2, 0) is 9.53 Å². The summed E-state index contributed by atoms with van der Waals surface area (Å²) in [5.74, 6) is 0.824. The molecule has 0 amide bonds. The zero-order valence-electron chi connectivity index (χ0n) is 10.3. The van der Waals surface area contributed by atoms with Crippen LogP contribution in [0.3, 0.4) is 0 Å². The van der Waals surface area contributed by atoms with Crippen molar-refractivity contribution in [2.45, 2.75) is 0 Å². The lowest BCUT2D eigenvalue weighted by Crippen LogP contribution is -1.92. The molecule has 0 aliphatic carbocycles.